The molecule has 10 heteroatoms. The second-order valence-corrected chi connectivity index (χ2v) is 7.87. The predicted octanol–water partition coefficient (Wildman–Crippen LogP) is 4.12. The van der Waals surface area contributed by atoms with E-state index in [1.165, 1.54) is 16.7 Å². The number of ether oxygens (including phenoxy) is 1. The van der Waals surface area contributed by atoms with Crippen LogP contribution in [0.5, 0.6) is 5.75 Å². The van der Waals surface area contributed by atoms with Crippen LogP contribution in [0.3, 0.4) is 0 Å². The van der Waals surface area contributed by atoms with Gasteiger partial charge in [0, 0.05) is 6.54 Å². The molecule has 0 N–H and O–H groups in total. The number of thioether (sulfide) groups is 1. The lowest BCUT2D eigenvalue weighted by Gasteiger charge is -2.11. The van der Waals surface area contributed by atoms with Gasteiger partial charge in [-0.3, -0.25) is 18.6 Å². The third kappa shape index (κ3) is 4.01. The maximum Gasteiger partial charge on any atom is 0.387 e. The van der Waals surface area contributed by atoms with Gasteiger partial charge in [-0.15, -0.1) is 16.8 Å². The summed E-state index contributed by atoms with van der Waals surface area (Å²) in [6.45, 7) is 2.65. The Labute approximate surface area is 185 Å². The number of ketones is 1. The van der Waals surface area contributed by atoms with E-state index in [4.69, 9.17) is 0 Å². The average molecular weight is 456 g/mol. The summed E-state index contributed by atoms with van der Waals surface area (Å²) in [6, 6.07) is 11.5. The van der Waals surface area contributed by atoms with E-state index < -0.39 is 12.4 Å². The van der Waals surface area contributed by atoms with Crippen LogP contribution in [0.25, 0.3) is 16.7 Å². The minimum Gasteiger partial charge on any atom is -0.434 e. The van der Waals surface area contributed by atoms with Gasteiger partial charge in [0.1, 0.15) is 5.75 Å². The van der Waals surface area contributed by atoms with Crippen molar-refractivity contribution in [1.29, 1.82) is 0 Å². The molecule has 0 aliphatic heterocycles. The van der Waals surface area contributed by atoms with Crippen molar-refractivity contribution in [2.45, 2.75) is 25.2 Å². The van der Waals surface area contributed by atoms with E-state index in [1.807, 2.05) is 0 Å². The minimum atomic E-state index is -3.04. The Morgan fingerprint density at radius 2 is 2.03 bits per heavy atom. The topological polar surface area (TPSA) is 78.5 Å². The van der Waals surface area contributed by atoms with Crippen LogP contribution in [0.2, 0.25) is 0 Å². The number of para-hydroxylation sites is 1. The maximum atomic E-state index is 12.8. The highest BCUT2D eigenvalue weighted by Gasteiger charge is 2.20. The molecule has 0 aliphatic carbocycles. The SMILES string of the molecule is C=CCn1c(=O)c2ccccc2n2c(SCC(=O)c3cc(C)ccc3OC(F)F)nnc12. The molecule has 0 saturated carbocycles. The molecule has 0 spiro atoms. The van der Waals surface area contributed by atoms with Crippen molar-refractivity contribution in [3.63, 3.8) is 0 Å². The highest BCUT2D eigenvalue weighted by molar-refractivity contribution is 7.99. The number of rotatable bonds is 8. The van der Waals surface area contributed by atoms with Gasteiger partial charge in [0.15, 0.2) is 10.9 Å². The number of aryl methyl sites for hydroxylation is 1. The Morgan fingerprint density at radius 1 is 1.25 bits per heavy atom. The van der Waals surface area contributed by atoms with Gasteiger partial charge in [0.2, 0.25) is 5.78 Å². The number of carbonyl (C=O) groups excluding carboxylic acids is 1. The molecule has 4 rings (SSSR count). The van der Waals surface area contributed by atoms with Crippen LogP contribution in [0.15, 0.2) is 65.1 Å². The summed E-state index contributed by atoms with van der Waals surface area (Å²) < 4.78 is 33.1. The summed E-state index contributed by atoms with van der Waals surface area (Å²) in [5.74, 6) is -0.332. The van der Waals surface area contributed by atoms with Crippen LogP contribution in [0.1, 0.15) is 15.9 Å². The fourth-order valence-electron chi connectivity index (χ4n) is 3.39. The largest absolute Gasteiger partial charge is 0.434 e. The lowest BCUT2D eigenvalue weighted by molar-refractivity contribution is -0.0501. The molecule has 2 aromatic heterocycles. The predicted molar refractivity (Wildman–Crippen MR) is 118 cm³/mol. The van der Waals surface area contributed by atoms with Gasteiger partial charge >= 0.3 is 6.61 Å². The lowest BCUT2D eigenvalue weighted by atomic mass is 10.1. The normalized spacial score (nSPS) is 11.4. The number of aromatic nitrogens is 4. The van der Waals surface area contributed by atoms with Crippen LogP contribution in [0.4, 0.5) is 8.78 Å². The molecule has 0 amide bonds. The van der Waals surface area contributed by atoms with E-state index in [-0.39, 0.29) is 29.2 Å². The van der Waals surface area contributed by atoms with Crippen molar-refractivity contribution >= 4 is 34.2 Å². The Morgan fingerprint density at radius 3 is 2.78 bits per heavy atom. The first kappa shape index (κ1) is 21.7. The van der Waals surface area contributed by atoms with Crippen molar-refractivity contribution < 1.29 is 18.3 Å². The molecular formula is C22H18F2N4O3S. The summed E-state index contributed by atoms with van der Waals surface area (Å²) in [7, 11) is 0. The second-order valence-electron chi connectivity index (χ2n) is 6.93. The molecule has 32 heavy (non-hydrogen) atoms. The number of alkyl halides is 2. The monoisotopic (exact) mass is 456 g/mol. The van der Waals surface area contributed by atoms with Crippen molar-refractivity contribution in [3.05, 3.63) is 76.6 Å². The Balaban J connectivity index is 1.72. The van der Waals surface area contributed by atoms with Gasteiger partial charge in [0.25, 0.3) is 5.56 Å². The first-order chi connectivity index (χ1) is 15.4. The third-order valence-corrected chi connectivity index (χ3v) is 5.70. The summed E-state index contributed by atoms with van der Waals surface area (Å²) in [5.41, 5.74) is 1.19. The number of Topliss-reactive ketones (excluding diaryl/α,β-unsaturated/α-hetero) is 1. The van der Waals surface area contributed by atoms with Crippen LogP contribution in [-0.4, -0.2) is 37.3 Å². The summed E-state index contributed by atoms with van der Waals surface area (Å²) >= 11 is 1.10. The third-order valence-electron chi connectivity index (χ3n) is 4.77. The zero-order chi connectivity index (χ0) is 22.8. The smallest absolute Gasteiger partial charge is 0.387 e. The Hall–Kier alpha value is -3.53. The van der Waals surface area contributed by atoms with Crippen molar-refractivity contribution in [1.82, 2.24) is 19.2 Å². The van der Waals surface area contributed by atoms with Crippen molar-refractivity contribution in [2.75, 3.05) is 5.75 Å². The van der Waals surface area contributed by atoms with Gasteiger partial charge in [-0.05, 0) is 31.2 Å². The average Bonchev–Trinajstić information content (AvgIpc) is 3.20. The lowest BCUT2D eigenvalue weighted by Crippen LogP contribution is -2.22. The zero-order valence-electron chi connectivity index (χ0n) is 17.0. The van der Waals surface area contributed by atoms with E-state index in [2.05, 4.69) is 21.5 Å². The maximum absolute atomic E-state index is 12.8. The molecule has 0 aliphatic rings. The van der Waals surface area contributed by atoms with Crippen molar-refractivity contribution in [3.8, 4) is 5.75 Å². The first-order valence-electron chi connectivity index (χ1n) is 9.59. The molecule has 7 nitrogen and oxygen atoms in total. The fraction of sp³-hybridized carbons (Fsp3) is 0.182. The molecule has 4 aromatic rings. The summed E-state index contributed by atoms with van der Waals surface area (Å²) in [4.78, 5) is 25.7. The van der Waals surface area contributed by atoms with Gasteiger partial charge in [-0.25, -0.2) is 0 Å². The molecule has 164 valence electrons. The number of hydrogen-bond acceptors (Lipinski definition) is 6. The summed E-state index contributed by atoms with van der Waals surface area (Å²) in [6.07, 6.45) is 1.59. The number of halogens is 2. The highest BCUT2D eigenvalue weighted by Crippen LogP contribution is 2.26. The van der Waals surface area contributed by atoms with E-state index in [1.54, 1.807) is 47.7 Å². The van der Waals surface area contributed by atoms with Gasteiger partial charge < -0.3 is 4.74 Å². The van der Waals surface area contributed by atoms with E-state index in [0.29, 0.717) is 21.8 Å². The van der Waals surface area contributed by atoms with E-state index in [0.717, 1.165) is 17.3 Å². The van der Waals surface area contributed by atoms with E-state index in [9.17, 15) is 18.4 Å². The van der Waals surface area contributed by atoms with Crippen LogP contribution in [-0.2, 0) is 6.54 Å². The zero-order valence-corrected chi connectivity index (χ0v) is 17.8. The van der Waals surface area contributed by atoms with Gasteiger partial charge in [0.05, 0.1) is 22.2 Å². The molecule has 2 aromatic carbocycles. The number of nitrogens with zero attached hydrogens (tertiary/aromatic N) is 4. The molecule has 2 heterocycles. The van der Waals surface area contributed by atoms with Crippen molar-refractivity contribution in [2.24, 2.45) is 0 Å². The molecule has 0 bridgehead atoms. The number of allylic oxidation sites excluding steroid dienone is 1. The Bertz CT molecular complexity index is 1400. The van der Waals surface area contributed by atoms with Gasteiger partial charge in [-0.2, -0.15) is 8.78 Å². The molecule has 0 fully saturated rings. The van der Waals surface area contributed by atoms with Gasteiger partial charge in [-0.1, -0.05) is 41.6 Å². The molecule has 0 saturated heterocycles. The highest BCUT2D eigenvalue weighted by atomic mass is 32.2. The standard InChI is InChI=1S/C22H18F2N4O3S/c1-3-10-27-19(30)14-6-4-5-7-16(14)28-21(27)25-26-22(28)32-12-17(29)15-11-13(2)8-9-18(15)31-20(23)24/h3-9,11,20H,1,10,12H2,2H3. The molecule has 0 radical (unpaired) electrons. The molecule has 0 atom stereocenters. The van der Waals surface area contributed by atoms with Crippen LogP contribution >= 0.6 is 11.8 Å². The molecule has 0 unspecified atom stereocenters. The number of hydrogen-bond donors (Lipinski definition) is 0. The molecular weight excluding hydrogens is 438 g/mol. The number of carbonyl (C=O) groups is 1. The van der Waals surface area contributed by atoms with Crippen LogP contribution < -0.4 is 10.3 Å². The quantitative estimate of drug-likeness (QED) is 0.226. The minimum absolute atomic E-state index is 0.0695. The van der Waals surface area contributed by atoms with E-state index >= 15 is 0 Å². The summed E-state index contributed by atoms with van der Waals surface area (Å²) in [5, 5.41) is 9.17. The first-order valence-corrected chi connectivity index (χ1v) is 10.6. The fourth-order valence-corrected chi connectivity index (χ4v) is 4.21. The van der Waals surface area contributed by atoms with Crippen LogP contribution in [0, 0.1) is 6.92 Å². The Kier molecular flexibility index (Phi) is 6.04. The second kappa shape index (κ2) is 8.91. The number of fused-ring (bicyclic) bond motifs is 3. The number of benzene rings is 2.